The van der Waals surface area contributed by atoms with Crippen LogP contribution in [-0.4, -0.2) is 33.7 Å². The van der Waals surface area contributed by atoms with Crippen LogP contribution >= 0.6 is 22.6 Å². The molecule has 0 bridgehead atoms. The van der Waals surface area contributed by atoms with Crippen molar-refractivity contribution in [3.05, 3.63) is 63.2 Å². The SMILES string of the molecule is Cc1c(I)ccc2c1nc(-c1cncc(-c3cc(F)cc(C#N)c3)c1N1CC[C@H](N)C1)n2C. The topological polar surface area (TPSA) is 83.8 Å². The smallest absolute Gasteiger partial charge is 0.144 e. The first-order valence-corrected chi connectivity index (χ1v) is 11.8. The van der Waals surface area contributed by atoms with Gasteiger partial charge in [-0.25, -0.2) is 9.37 Å². The lowest BCUT2D eigenvalue weighted by Crippen LogP contribution is -2.27. The van der Waals surface area contributed by atoms with Crippen molar-refractivity contribution in [2.45, 2.75) is 19.4 Å². The summed E-state index contributed by atoms with van der Waals surface area (Å²) in [4.78, 5) is 11.7. The van der Waals surface area contributed by atoms with Gasteiger partial charge in [-0.2, -0.15) is 5.26 Å². The molecule has 0 spiro atoms. The summed E-state index contributed by atoms with van der Waals surface area (Å²) in [5, 5.41) is 9.37. The molecule has 1 fully saturated rings. The third-order valence-corrected chi connectivity index (χ3v) is 7.45. The third-order valence-electron chi connectivity index (χ3n) is 6.28. The van der Waals surface area contributed by atoms with E-state index in [4.69, 9.17) is 10.7 Å². The van der Waals surface area contributed by atoms with Crippen LogP contribution in [0.2, 0.25) is 0 Å². The van der Waals surface area contributed by atoms with Gasteiger partial charge in [-0.1, -0.05) is 0 Å². The summed E-state index contributed by atoms with van der Waals surface area (Å²) in [6, 6.07) is 10.7. The highest BCUT2D eigenvalue weighted by Crippen LogP contribution is 2.41. The van der Waals surface area contributed by atoms with E-state index >= 15 is 0 Å². The van der Waals surface area contributed by atoms with Crippen LogP contribution in [0.15, 0.2) is 42.7 Å². The average Bonchev–Trinajstić information content (AvgIpc) is 3.38. The van der Waals surface area contributed by atoms with Crippen molar-refractivity contribution in [3.63, 3.8) is 0 Å². The van der Waals surface area contributed by atoms with Gasteiger partial charge in [-0.3, -0.25) is 4.98 Å². The highest BCUT2D eigenvalue weighted by molar-refractivity contribution is 14.1. The fourth-order valence-corrected chi connectivity index (χ4v) is 5.01. The summed E-state index contributed by atoms with van der Waals surface area (Å²) in [5.74, 6) is 0.336. The van der Waals surface area contributed by atoms with Crippen molar-refractivity contribution in [3.8, 4) is 28.6 Å². The molecule has 1 saturated heterocycles. The molecule has 166 valence electrons. The Labute approximate surface area is 205 Å². The Hall–Kier alpha value is -3.03. The summed E-state index contributed by atoms with van der Waals surface area (Å²) in [6.07, 6.45) is 4.41. The Kier molecular flexibility index (Phi) is 5.54. The average molecular weight is 552 g/mol. The molecular weight excluding hydrogens is 530 g/mol. The van der Waals surface area contributed by atoms with Crippen LogP contribution in [0.4, 0.5) is 10.1 Å². The van der Waals surface area contributed by atoms with Gasteiger partial charge in [0.2, 0.25) is 0 Å². The zero-order chi connectivity index (χ0) is 23.3. The van der Waals surface area contributed by atoms with E-state index in [1.54, 1.807) is 12.3 Å². The number of nitriles is 1. The van der Waals surface area contributed by atoms with Crippen molar-refractivity contribution in [1.82, 2.24) is 14.5 Å². The fraction of sp³-hybridized carbons (Fsp3) is 0.240. The number of nitrogens with zero attached hydrogens (tertiary/aromatic N) is 5. The molecular formula is C25H22FIN6. The quantitative estimate of drug-likeness (QED) is 0.371. The Bertz CT molecular complexity index is 1440. The Morgan fingerprint density at radius 2 is 2.00 bits per heavy atom. The lowest BCUT2D eigenvalue weighted by Gasteiger charge is -2.25. The van der Waals surface area contributed by atoms with E-state index in [2.05, 4.69) is 56.1 Å². The summed E-state index contributed by atoms with van der Waals surface area (Å²) in [6.45, 7) is 3.55. The molecule has 33 heavy (non-hydrogen) atoms. The maximum Gasteiger partial charge on any atom is 0.144 e. The van der Waals surface area contributed by atoms with Crippen LogP contribution in [0.25, 0.3) is 33.5 Å². The summed E-state index contributed by atoms with van der Waals surface area (Å²) < 4.78 is 17.6. The van der Waals surface area contributed by atoms with Crippen molar-refractivity contribution >= 4 is 39.3 Å². The zero-order valence-electron chi connectivity index (χ0n) is 18.3. The largest absolute Gasteiger partial charge is 0.369 e. The Balaban J connectivity index is 1.79. The number of fused-ring (bicyclic) bond motifs is 1. The molecule has 0 unspecified atom stereocenters. The minimum atomic E-state index is -0.452. The number of nitrogens with two attached hydrogens (primary N) is 1. The van der Waals surface area contributed by atoms with Gasteiger partial charge in [0.15, 0.2) is 0 Å². The van der Waals surface area contributed by atoms with E-state index in [9.17, 15) is 9.65 Å². The summed E-state index contributed by atoms with van der Waals surface area (Å²) in [7, 11) is 2.00. The molecule has 1 atom stereocenters. The van der Waals surface area contributed by atoms with Crippen LogP contribution in [-0.2, 0) is 7.05 Å². The number of hydrogen-bond acceptors (Lipinski definition) is 5. The molecule has 4 aromatic rings. The first kappa shape index (κ1) is 21.8. The third kappa shape index (κ3) is 3.75. The molecule has 2 aromatic heterocycles. The van der Waals surface area contributed by atoms with Gasteiger partial charge in [0.05, 0.1) is 33.9 Å². The van der Waals surface area contributed by atoms with Crippen molar-refractivity contribution in [1.29, 1.82) is 5.26 Å². The van der Waals surface area contributed by atoms with Gasteiger partial charge in [0.1, 0.15) is 11.6 Å². The molecule has 0 saturated carbocycles. The van der Waals surface area contributed by atoms with E-state index in [-0.39, 0.29) is 11.6 Å². The van der Waals surface area contributed by atoms with Crippen LogP contribution in [0.3, 0.4) is 0 Å². The number of pyridine rings is 1. The second-order valence-corrected chi connectivity index (χ2v) is 9.62. The second kappa shape index (κ2) is 8.39. The molecule has 6 nitrogen and oxygen atoms in total. The van der Waals surface area contributed by atoms with Gasteiger partial charge in [-0.05, 0) is 77.4 Å². The van der Waals surface area contributed by atoms with Crippen molar-refractivity contribution in [2.75, 3.05) is 18.0 Å². The second-order valence-electron chi connectivity index (χ2n) is 8.45. The number of hydrogen-bond donors (Lipinski definition) is 1. The molecule has 1 aliphatic rings. The molecule has 0 radical (unpaired) electrons. The van der Waals surface area contributed by atoms with Crippen LogP contribution in [0, 0.1) is 27.6 Å². The summed E-state index contributed by atoms with van der Waals surface area (Å²) >= 11 is 2.32. The van der Waals surface area contributed by atoms with E-state index in [0.29, 0.717) is 12.1 Å². The first-order chi connectivity index (χ1) is 15.9. The van der Waals surface area contributed by atoms with E-state index in [1.165, 1.54) is 12.1 Å². The Morgan fingerprint density at radius 3 is 2.73 bits per heavy atom. The van der Waals surface area contributed by atoms with Gasteiger partial charge in [0.25, 0.3) is 0 Å². The molecule has 8 heteroatoms. The monoisotopic (exact) mass is 552 g/mol. The van der Waals surface area contributed by atoms with Crippen molar-refractivity contribution in [2.24, 2.45) is 12.8 Å². The number of imidazole rings is 1. The summed E-state index contributed by atoms with van der Waals surface area (Å²) in [5.41, 5.74) is 12.8. The number of halogens is 2. The highest BCUT2D eigenvalue weighted by atomic mass is 127. The standard InChI is InChI=1S/C25H22FIN6/c1-14-21(27)3-4-22-23(14)31-25(32(22)2)20-12-30-11-19(24(20)33-6-5-18(29)13-33)16-7-15(10-28)8-17(26)9-16/h3-4,7-9,11-12,18H,5-6,13,29H2,1-2H3/t18-/m0/s1. The van der Waals surface area contributed by atoms with E-state index < -0.39 is 5.82 Å². The minimum Gasteiger partial charge on any atom is -0.369 e. The molecule has 0 amide bonds. The molecule has 0 aliphatic carbocycles. The lowest BCUT2D eigenvalue weighted by atomic mass is 9.99. The number of benzene rings is 2. The predicted molar refractivity (Wildman–Crippen MR) is 136 cm³/mol. The normalized spacial score (nSPS) is 15.9. The minimum absolute atomic E-state index is 0.0605. The maximum absolute atomic E-state index is 14.4. The Morgan fingerprint density at radius 1 is 1.21 bits per heavy atom. The maximum atomic E-state index is 14.4. The van der Waals surface area contributed by atoms with Crippen LogP contribution in [0.1, 0.15) is 17.5 Å². The molecule has 3 heterocycles. The molecule has 2 aromatic carbocycles. The molecule has 2 N–H and O–H groups in total. The van der Waals surface area contributed by atoms with E-state index in [0.717, 1.165) is 55.8 Å². The first-order valence-electron chi connectivity index (χ1n) is 10.7. The van der Waals surface area contributed by atoms with Gasteiger partial charge < -0.3 is 15.2 Å². The number of rotatable bonds is 3. The van der Waals surface area contributed by atoms with Crippen LogP contribution < -0.4 is 10.6 Å². The number of aromatic nitrogens is 3. The van der Waals surface area contributed by atoms with E-state index in [1.807, 2.05) is 19.3 Å². The van der Waals surface area contributed by atoms with Gasteiger partial charge in [0, 0.05) is 47.7 Å². The number of aryl methyl sites for hydroxylation is 2. The lowest BCUT2D eigenvalue weighted by molar-refractivity contribution is 0.628. The van der Waals surface area contributed by atoms with Gasteiger partial charge in [-0.15, -0.1) is 0 Å². The zero-order valence-corrected chi connectivity index (χ0v) is 20.5. The highest BCUT2D eigenvalue weighted by Gasteiger charge is 2.27. The van der Waals surface area contributed by atoms with Crippen molar-refractivity contribution < 1.29 is 4.39 Å². The predicted octanol–water partition coefficient (Wildman–Crippen LogP) is 4.76. The van der Waals surface area contributed by atoms with Gasteiger partial charge >= 0.3 is 0 Å². The van der Waals surface area contributed by atoms with Crippen LogP contribution in [0.5, 0.6) is 0 Å². The molecule has 1 aliphatic heterocycles. The molecule has 5 rings (SSSR count). The fourth-order valence-electron chi connectivity index (χ4n) is 4.58. The number of anilines is 1.